The molecule has 0 bridgehead atoms. The van der Waals surface area contributed by atoms with E-state index in [4.69, 9.17) is 21.0 Å². The minimum atomic E-state index is -0.690. The minimum absolute atomic E-state index is 0.188. The number of benzene rings is 1. The second kappa shape index (κ2) is 8.51. The third-order valence-corrected chi connectivity index (χ3v) is 4.72. The van der Waals surface area contributed by atoms with Crippen molar-refractivity contribution in [2.45, 2.75) is 38.3 Å². The lowest BCUT2D eigenvalue weighted by atomic mass is 10.0. The molecule has 0 radical (unpaired) electrons. The molecule has 0 unspecified atom stereocenters. The van der Waals surface area contributed by atoms with Crippen LogP contribution in [0.15, 0.2) is 36.4 Å². The molecule has 1 saturated heterocycles. The number of nitrogens with two attached hydrogens (primary N) is 1. The molecule has 7 nitrogen and oxygen atoms in total. The molecule has 2 heterocycles. The van der Waals surface area contributed by atoms with Gasteiger partial charge in [0.15, 0.2) is 0 Å². The third-order valence-electron chi connectivity index (χ3n) is 4.72. The van der Waals surface area contributed by atoms with Crippen molar-refractivity contribution in [1.82, 2.24) is 9.88 Å². The maximum Gasteiger partial charge on any atom is 0.240 e. The summed E-state index contributed by atoms with van der Waals surface area (Å²) in [6, 6.07) is 13.8. The Labute approximate surface area is 164 Å². The summed E-state index contributed by atoms with van der Waals surface area (Å²) in [5.41, 5.74) is 8.09. The van der Waals surface area contributed by atoms with Crippen molar-refractivity contribution in [3.05, 3.63) is 53.2 Å². The predicted molar refractivity (Wildman–Crippen MR) is 102 cm³/mol. The molecule has 28 heavy (non-hydrogen) atoms. The van der Waals surface area contributed by atoms with Crippen LogP contribution in [0, 0.1) is 29.6 Å². The fourth-order valence-corrected chi connectivity index (χ4v) is 3.22. The number of carbonyl (C=O) groups is 1. The van der Waals surface area contributed by atoms with Gasteiger partial charge in [-0.25, -0.2) is 4.98 Å². The summed E-state index contributed by atoms with van der Waals surface area (Å²) in [6.45, 7) is 2.41. The molecule has 1 aromatic carbocycles. The van der Waals surface area contributed by atoms with Crippen LogP contribution in [0.2, 0.25) is 0 Å². The standard InChI is InChI=1S/C21H21N5O2/c1-14-4-7-16(12-22)20(25-14)28-18-8-5-15(6-9-18)11-19(24)21(27)26-10-2-3-17(26)13-23/h4-9,17,19H,2-3,10-11,24H2,1H3/t17-,19-/m0/s1. The molecule has 2 N–H and O–H groups in total. The van der Waals surface area contributed by atoms with Gasteiger partial charge in [0.1, 0.15) is 23.4 Å². The zero-order valence-electron chi connectivity index (χ0n) is 15.6. The van der Waals surface area contributed by atoms with Gasteiger partial charge in [-0.15, -0.1) is 0 Å². The maximum atomic E-state index is 12.5. The number of rotatable bonds is 5. The Morgan fingerprint density at radius 1 is 1.32 bits per heavy atom. The fraction of sp³-hybridized carbons (Fsp3) is 0.333. The molecule has 0 aliphatic carbocycles. The van der Waals surface area contributed by atoms with E-state index in [0.29, 0.717) is 30.7 Å². The van der Waals surface area contributed by atoms with Gasteiger partial charge in [0, 0.05) is 12.2 Å². The Morgan fingerprint density at radius 2 is 2.07 bits per heavy atom. The summed E-state index contributed by atoms with van der Waals surface area (Å²) in [4.78, 5) is 18.3. The number of nitrogens with zero attached hydrogens (tertiary/aromatic N) is 4. The number of nitriles is 2. The molecule has 1 aliphatic heterocycles. The van der Waals surface area contributed by atoms with Crippen LogP contribution in [0.3, 0.4) is 0 Å². The molecular formula is C21H21N5O2. The first-order valence-electron chi connectivity index (χ1n) is 9.12. The number of ether oxygens (including phenoxy) is 1. The van der Waals surface area contributed by atoms with Gasteiger partial charge >= 0.3 is 0 Å². The van der Waals surface area contributed by atoms with Crippen molar-refractivity contribution in [3.63, 3.8) is 0 Å². The number of hydrogen-bond donors (Lipinski definition) is 1. The first-order chi connectivity index (χ1) is 13.5. The van der Waals surface area contributed by atoms with Crippen LogP contribution < -0.4 is 10.5 Å². The number of aromatic nitrogens is 1. The molecule has 142 valence electrons. The molecule has 2 atom stereocenters. The van der Waals surface area contributed by atoms with Crippen molar-refractivity contribution in [2.24, 2.45) is 5.73 Å². The predicted octanol–water partition coefficient (Wildman–Crippen LogP) is 2.44. The van der Waals surface area contributed by atoms with Gasteiger partial charge in [-0.05, 0) is 56.0 Å². The zero-order chi connectivity index (χ0) is 20.1. The SMILES string of the molecule is Cc1ccc(C#N)c(Oc2ccc(C[C@H](N)C(=O)N3CCC[C@H]3C#N)cc2)n1. The molecule has 1 fully saturated rings. The highest BCUT2D eigenvalue weighted by molar-refractivity contribution is 5.82. The van der Waals surface area contributed by atoms with Crippen LogP contribution >= 0.6 is 0 Å². The van der Waals surface area contributed by atoms with Crippen LogP contribution in [0.1, 0.15) is 29.7 Å². The number of aryl methyl sites for hydroxylation is 1. The highest BCUT2D eigenvalue weighted by Gasteiger charge is 2.31. The van der Waals surface area contributed by atoms with E-state index in [-0.39, 0.29) is 17.8 Å². The van der Waals surface area contributed by atoms with E-state index in [0.717, 1.165) is 17.7 Å². The number of hydrogen-bond acceptors (Lipinski definition) is 6. The molecule has 3 rings (SSSR count). The Bertz CT molecular complexity index is 943. The zero-order valence-corrected chi connectivity index (χ0v) is 15.6. The highest BCUT2D eigenvalue weighted by Crippen LogP contribution is 2.24. The Morgan fingerprint density at radius 3 is 2.75 bits per heavy atom. The van der Waals surface area contributed by atoms with Gasteiger partial charge in [-0.2, -0.15) is 10.5 Å². The van der Waals surface area contributed by atoms with Gasteiger partial charge in [0.05, 0.1) is 12.1 Å². The van der Waals surface area contributed by atoms with E-state index >= 15 is 0 Å². The molecular weight excluding hydrogens is 354 g/mol. The van der Waals surface area contributed by atoms with E-state index in [1.807, 2.05) is 19.1 Å². The molecule has 1 aliphatic rings. The van der Waals surface area contributed by atoms with Gasteiger partial charge in [0.25, 0.3) is 0 Å². The number of pyridine rings is 1. The van der Waals surface area contributed by atoms with E-state index in [1.54, 1.807) is 29.2 Å². The monoisotopic (exact) mass is 375 g/mol. The van der Waals surface area contributed by atoms with E-state index < -0.39 is 6.04 Å². The van der Waals surface area contributed by atoms with Crippen molar-refractivity contribution in [3.8, 4) is 23.8 Å². The maximum absolute atomic E-state index is 12.5. The summed E-state index contributed by atoms with van der Waals surface area (Å²) < 4.78 is 5.72. The van der Waals surface area contributed by atoms with Crippen LogP contribution in [-0.4, -0.2) is 34.4 Å². The molecule has 2 aromatic rings. The topological polar surface area (TPSA) is 116 Å². The van der Waals surface area contributed by atoms with Crippen LogP contribution in [0.25, 0.3) is 0 Å². The normalized spacial score (nSPS) is 16.9. The van der Waals surface area contributed by atoms with Crippen LogP contribution in [-0.2, 0) is 11.2 Å². The molecule has 0 spiro atoms. The second-order valence-electron chi connectivity index (χ2n) is 6.79. The van der Waals surface area contributed by atoms with Crippen molar-refractivity contribution < 1.29 is 9.53 Å². The molecule has 1 amide bonds. The van der Waals surface area contributed by atoms with Gasteiger partial charge in [-0.3, -0.25) is 4.79 Å². The summed E-state index contributed by atoms with van der Waals surface area (Å²) >= 11 is 0. The van der Waals surface area contributed by atoms with Gasteiger partial charge in [0.2, 0.25) is 11.8 Å². The average Bonchev–Trinajstić information content (AvgIpc) is 3.18. The van der Waals surface area contributed by atoms with Crippen molar-refractivity contribution in [2.75, 3.05) is 6.54 Å². The summed E-state index contributed by atoms with van der Waals surface area (Å²) in [6.07, 6.45) is 1.92. The van der Waals surface area contributed by atoms with Crippen LogP contribution in [0.5, 0.6) is 11.6 Å². The smallest absolute Gasteiger partial charge is 0.240 e. The van der Waals surface area contributed by atoms with Crippen molar-refractivity contribution in [1.29, 1.82) is 10.5 Å². The first kappa shape index (κ1) is 19.3. The lowest BCUT2D eigenvalue weighted by Crippen LogP contribution is -2.46. The summed E-state index contributed by atoms with van der Waals surface area (Å²) in [5, 5.41) is 18.3. The fourth-order valence-electron chi connectivity index (χ4n) is 3.22. The number of carbonyl (C=O) groups excluding carboxylic acids is 1. The average molecular weight is 375 g/mol. The highest BCUT2D eigenvalue weighted by atomic mass is 16.5. The Hall–Kier alpha value is -3.42. The third kappa shape index (κ3) is 4.28. The van der Waals surface area contributed by atoms with E-state index in [1.165, 1.54) is 0 Å². The van der Waals surface area contributed by atoms with E-state index in [2.05, 4.69) is 17.1 Å². The Kier molecular flexibility index (Phi) is 5.88. The first-order valence-corrected chi connectivity index (χ1v) is 9.12. The lowest BCUT2D eigenvalue weighted by Gasteiger charge is -2.23. The Balaban J connectivity index is 1.65. The van der Waals surface area contributed by atoms with Gasteiger partial charge in [-0.1, -0.05) is 12.1 Å². The summed E-state index contributed by atoms with van der Waals surface area (Å²) in [5.74, 6) is 0.619. The largest absolute Gasteiger partial charge is 0.438 e. The summed E-state index contributed by atoms with van der Waals surface area (Å²) in [7, 11) is 0. The lowest BCUT2D eigenvalue weighted by molar-refractivity contribution is -0.132. The van der Waals surface area contributed by atoms with Gasteiger partial charge < -0.3 is 15.4 Å². The molecule has 1 aromatic heterocycles. The second-order valence-corrected chi connectivity index (χ2v) is 6.79. The number of amides is 1. The van der Waals surface area contributed by atoms with Crippen LogP contribution in [0.4, 0.5) is 0 Å². The minimum Gasteiger partial charge on any atom is -0.438 e. The molecule has 0 saturated carbocycles. The number of likely N-dealkylation sites (tertiary alicyclic amines) is 1. The van der Waals surface area contributed by atoms with E-state index in [9.17, 15) is 4.79 Å². The quantitative estimate of drug-likeness (QED) is 0.858. The van der Waals surface area contributed by atoms with Crippen molar-refractivity contribution >= 4 is 5.91 Å². The molecule has 7 heteroatoms.